The summed E-state index contributed by atoms with van der Waals surface area (Å²) >= 11 is 0. The van der Waals surface area contributed by atoms with Gasteiger partial charge in [0.2, 0.25) is 0 Å². The predicted molar refractivity (Wildman–Crippen MR) is 148 cm³/mol. The number of unbranched alkanes of at least 4 members (excludes halogenated alkanes) is 7. The lowest BCUT2D eigenvalue weighted by Crippen LogP contribution is -2.37. The van der Waals surface area contributed by atoms with Crippen LogP contribution in [0.5, 0.6) is 0 Å². The van der Waals surface area contributed by atoms with E-state index < -0.39 is 26.5 Å². The van der Waals surface area contributed by atoms with Crippen LogP contribution in [0.4, 0.5) is 0 Å². The van der Waals surface area contributed by atoms with Crippen molar-refractivity contribution in [3.63, 3.8) is 0 Å². The Bertz CT molecular complexity index is 701. The molecule has 1 N–H and O–H groups in total. The van der Waals surface area contributed by atoms with Gasteiger partial charge in [0.15, 0.2) is 0 Å². The lowest BCUT2D eigenvalue weighted by Gasteiger charge is -2.27. The third-order valence-electron chi connectivity index (χ3n) is 5.39. The maximum absolute atomic E-state index is 11.8. The summed E-state index contributed by atoms with van der Waals surface area (Å²) in [5.41, 5.74) is 0. The van der Waals surface area contributed by atoms with Gasteiger partial charge in [-0.15, -0.1) is 0 Å². The summed E-state index contributed by atoms with van der Waals surface area (Å²) in [6, 6.07) is 0. The SMILES string of the molecule is CCCCCCCC/C=C/C/C=C/C/C=C/CCCC(=O)OC[C@@H](O)COP(=O)([O-])OCC[N+](C)(C)C. The number of aliphatic hydroxyl groups is 1. The summed E-state index contributed by atoms with van der Waals surface area (Å²) in [7, 11) is 1.22. The number of aliphatic hydroxyl groups excluding tert-OH is 1. The number of quaternary nitrogens is 1. The first kappa shape index (κ1) is 35.7. The Morgan fingerprint density at radius 2 is 1.43 bits per heavy atom. The third-order valence-corrected chi connectivity index (χ3v) is 6.36. The fourth-order valence-corrected chi connectivity index (χ4v) is 3.87. The fourth-order valence-electron chi connectivity index (χ4n) is 3.14. The molecule has 1 unspecified atom stereocenters. The number of esters is 1. The first-order chi connectivity index (χ1) is 17.6. The molecule has 0 amide bonds. The summed E-state index contributed by atoms with van der Waals surface area (Å²) in [6.07, 6.45) is 24.3. The second-order valence-electron chi connectivity index (χ2n) is 10.3. The van der Waals surface area contributed by atoms with Crippen LogP contribution in [-0.4, -0.2) is 69.2 Å². The summed E-state index contributed by atoms with van der Waals surface area (Å²) in [4.78, 5) is 23.5. The second-order valence-corrected chi connectivity index (χ2v) is 11.7. The molecule has 0 aliphatic rings. The number of hydrogen-bond acceptors (Lipinski definition) is 7. The molecule has 0 rings (SSSR count). The number of ether oxygens (including phenoxy) is 1. The number of allylic oxidation sites excluding steroid dienone is 6. The molecule has 2 atom stereocenters. The van der Waals surface area contributed by atoms with Crippen LogP contribution in [0.25, 0.3) is 0 Å². The van der Waals surface area contributed by atoms with E-state index >= 15 is 0 Å². The van der Waals surface area contributed by atoms with Crippen molar-refractivity contribution in [3.05, 3.63) is 36.5 Å². The van der Waals surface area contributed by atoms with Crippen LogP contribution in [0.3, 0.4) is 0 Å². The minimum atomic E-state index is -4.50. The Balaban J connectivity index is 3.71. The van der Waals surface area contributed by atoms with Crippen molar-refractivity contribution < 1.29 is 37.6 Å². The minimum Gasteiger partial charge on any atom is -0.756 e. The van der Waals surface area contributed by atoms with Gasteiger partial charge in [0.25, 0.3) is 7.82 Å². The van der Waals surface area contributed by atoms with Crippen LogP contribution < -0.4 is 4.89 Å². The van der Waals surface area contributed by atoms with Crippen molar-refractivity contribution in [2.45, 2.75) is 90.1 Å². The summed E-state index contributed by atoms with van der Waals surface area (Å²) in [5, 5.41) is 9.79. The van der Waals surface area contributed by atoms with E-state index in [2.05, 4.69) is 41.8 Å². The van der Waals surface area contributed by atoms with E-state index in [1.54, 1.807) is 0 Å². The highest BCUT2D eigenvalue weighted by atomic mass is 31.2. The molecule has 0 aromatic carbocycles. The van der Waals surface area contributed by atoms with Gasteiger partial charge in [-0.3, -0.25) is 9.36 Å². The average molecular weight is 546 g/mol. The van der Waals surface area contributed by atoms with Crippen LogP contribution >= 0.6 is 7.82 Å². The van der Waals surface area contributed by atoms with Crippen molar-refractivity contribution in [2.24, 2.45) is 0 Å². The van der Waals surface area contributed by atoms with Crippen LogP contribution in [0.2, 0.25) is 0 Å². The number of likely N-dealkylation sites (N-methyl/N-ethyl adjacent to an activating group) is 1. The van der Waals surface area contributed by atoms with Gasteiger partial charge in [-0.1, -0.05) is 75.5 Å². The smallest absolute Gasteiger partial charge is 0.305 e. The Morgan fingerprint density at radius 1 is 0.865 bits per heavy atom. The number of phosphoric acid groups is 1. The monoisotopic (exact) mass is 545 g/mol. The van der Waals surface area contributed by atoms with Gasteiger partial charge in [0, 0.05) is 6.42 Å². The van der Waals surface area contributed by atoms with Crippen LogP contribution in [0.1, 0.15) is 84.0 Å². The molecule has 0 fully saturated rings. The molecule has 0 heterocycles. The highest BCUT2D eigenvalue weighted by molar-refractivity contribution is 7.45. The molecular formula is C28H52NO7P. The van der Waals surface area contributed by atoms with Gasteiger partial charge in [-0.25, -0.2) is 0 Å². The van der Waals surface area contributed by atoms with Gasteiger partial charge in [0.1, 0.15) is 25.9 Å². The van der Waals surface area contributed by atoms with Crippen molar-refractivity contribution in [1.29, 1.82) is 0 Å². The molecule has 0 spiro atoms. The van der Waals surface area contributed by atoms with Crippen molar-refractivity contribution in [1.82, 2.24) is 0 Å². The summed E-state index contributed by atoms with van der Waals surface area (Å²) < 4.78 is 26.6. The molecule has 0 radical (unpaired) electrons. The lowest BCUT2D eigenvalue weighted by atomic mass is 10.1. The lowest BCUT2D eigenvalue weighted by molar-refractivity contribution is -0.870. The molecular weight excluding hydrogens is 493 g/mol. The first-order valence-corrected chi connectivity index (χ1v) is 15.2. The number of nitrogens with zero attached hydrogens (tertiary/aromatic N) is 1. The zero-order chi connectivity index (χ0) is 27.8. The van der Waals surface area contributed by atoms with E-state index in [1.807, 2.05) is 27.2 Å². The molecule has 0 saturated heterocycles. The largest absolute Gasteiger partial charge is 0.756 e. The fraction of sp³-hybridized carbons (Fsp3) is 0.750. The zero-order valence-electron chi connectivity index (χ0n) is 23.6. The number of rotatable bonds is 24. The van der Waals surface area contributed by atoms with Crippen molar-refractivity contribution in [3.8, 4) is 0 Å². The van der Waals surface area contributed by atoms with Gasteiger partial charge in [0.05, 0.1) is 27.7 Å². The normalized spacial score (nSPS) is 15.1. The Kier molecular flexibility index (Phi) is 21.9. The molecule has 9 heteroatoms. The molecule has 37 heavy (non-hydrogen) atoms. The molecule has 0 aromatic heterocycles. The van der Waals surface area contributed by atoms with Crippen molar-refractivity contribution in [2.75, 3.05) is 47.5 Å². The highest BCUT2D eigenvalue weighted by Crippen LogP contribution is 2.38. The molecule has 0 aliphatic carbocycles. The quantitative estimate of drug-likeness (QED) is 0.0564. The number of hydrogen-bond donors (Lipinski definition) is 1. The first-order valence-electron chi connectivity index (χ1n) is 13.7. The molecule has 8 nitrogen and oxygen atoms in total. The highest BCUT2D eigenvalue weighted by Gasteiger charge is 2.16. The summed E-state index contributed by atoms with van der Waals surface area (Å²) in [6.45, 7) is 1.86. The Morgan fingerprint density at radius 3 is 2.05 bits per heavy atom. The van der Waals surface area contributed by atoms with E-state index in [-0.39, 0.29) is 19.6 Å². The van der Waals surface area contributed by atoms with Gasteiger partial charge in [-0.2, -0.15) is 0 Å². The molecule has 216 valence electrons. The van der Waals surface area contributed by atoms with E-state index in [1.165, 1.54) is 44.9 Å². The third kappa shape index (κ3) is 27.6. The maximum atomic E-state index is 11.8. The standard InChI is InChI=1S/C28H52NO7P/c1-5-6-7-8-9-10-11-12-13-14-15-16-17-18-19-20-21-22-28(31)34-25-27(30)26-36-37(32,33)35-24-23-29(2,3)4/h12-13,15-16,18-19,27,30H,5-11,14,17,20-26H2,1-4H3/b13-12+,16-15+,19-18+/t27-/m1/s1. The van der Waals surface area contributed by atoms with Gasteiger partial charge >= 0.3 is 5.97 Å². The Hall–Kier alpha value is -1.28. The van der Waals surface area contributed by atoms with Gasteiger partial charge < -0.3 is 28.3 Å². The van der Waals surface area contributed by atoms with E-state index in [0.29, 0.717) is 17.4 Å². The second kappa shape index (κ2) is 22.7. The van der Waals surface area contributed by atoms with Crippen LogP contribution in [-0.2, 0) is 23.1 Å². The van der Waals surface area contributed by atoms with E-state index in [9.17, 15) is 19.4 Å². The number of carbonyl (C=O) groups excluding carboxylic acids is 1. The topological polar surface area (TPSA) is 105 Å². The maximum Gasteiger partial charge on any atom is 0.305 e. The van der Waals surface area contributed by atoms with E-state index in [4.69, 9.17) is 9.26 Å². The average Bonchev–Trinajstić information content (AvgIpc) is 2.82. The number of phosphoric ester groups is 1. The minimum absolute atomic E-state index is 0.0171. The van der Waals surface area contributed by atoms with Crippen LogP contribution in [0, 0.1) is 0 Å². The zero-order valence-corrected chi connectivity index (χ0v) is 24.5. The molecule has 0 aliphatic heterocycles. The van der Waals surface area contributed by atoms with Gasteiger partial charge in [-0.05, 0) is 38.5 Å². The molecule has 0 aromatic rings. The van der Waals surface area contributed by atoms with Crippen LogP contribution in [0.15, 0.2) is 36.5 Å². The Labute approximate surface area is 225 Å². The molecule has 0 saturated carbocycles. The number of carbonyl (C=O) groups is 1. The molecule has 0 bridgehead atoms. The summed E-state index contributed by atoms with van der Waals surface area (Å²) in [5.74, 6) is -0.440. The van der Waals surface area contributed by atoms with E-state index in [0.717, 1.165) is 19.3 Å². The predicted octanol–water partition coefficient (Wildman–Crippen LogP) is 5.47. The van der Waals surface area contributed by atoms with Crippen molar-refractivity contribution >= 4 is 13.8 Å².